The van der Waals surface area contributed by atoms with E-state index in [9.17, 15) is 4.79 Å². The van der Waals surface area contributed by atoms with Crippen LogP contribution in [0.5, 0.6) is 0 Å². The summed E-state index contributed by atoms with van der Waals surface area (Å²) < 4.78 is 6.40. The van der Waals surface area contributed by atoms with Crippen LogP contribution in [0.25, 0.3) is 16.3 Å². The second-order valence-electron chi connectivity index (χ2n) is 6.06. The molecular weight excluding hydrogens is 372 g/mol. The van der Waals surface area contributed by atoms with Gasteiger partial charge in [-0.15, -0.1) is 11.3 Å². The molecule has 0 spiro atoms. The molecular formula is C21H22N4O2S. The molecule has 6 nitrogen and oxygen atoms in total. The van der Waals surface area contributed by atoms with Gasteiger partial charge in [0.25, 0.3) is 0 Å². The summed E-state index contributed by atoms with van der Waals surface area (Å²) in [6, 6.07) is 15.7. The number of benzene rings is 2. The van der Waals surface area contributed by atoms with E-state index in [0.717, 1.165) is 27.6 Å². The van der Waals surface area contributed by atoms with Crippen LogP contribution in [0.3, 0.4) is 0 Å². The quantitative estimate of drug-likeness (QED) is 0.278. The van der Waals surface area contributed by atoms with Crippen molar-refractivity contribution in [2.24, 2.45) is 4.99 Å². The van der Waals surface area contributed by atoms with Gasteiger partial charge >= 0.3 is 0 Å². The predicted octanol–water partition coefficient (Wildman–Crippen LogP) is 3.39. The van der Waals surface area contributed by atoms with Gasteiger partial charge in [-0.1, -0.05) is 36.4 Å². The van der Waals surface area contributed by atoms with E-state index in [-0.39, 0.29) is 6.04 Å². The molecule has 1 atom stereocenters. The van der Waals surface area contributed by atoms with Crippen molar-refractivity contribution in [2.45, 2.75) is 6.04 Å². The van der Waals surface area contributed by atoms with Gasteiger partial charge in [0.05, 0.1) is 34.1 Å². The van der Waals surface area contributed by atoms with Crippen molar-refractivity contribution in [1.82, 2.24) is 15.6 Å². The number of thiazole rings is 1. The van der Waals surface area contributed by atoms with Gasteiger partial charge in [0.15, 0.2) is 12.2 Å². The highest BCUT2D eigenvalue weighted by Crippen LogP contribution is 2.20. The standard InChI is InChI=1S/C21H22N4O2S/c1-22-21(25-19(13-27-2)16-6-4-3-5-7-16)24-17(12-26)10-15-8-9-18-20(11-15)28-14-23-18/h3-12,14,19H,13H2,1-2H3,(H2,22,24,25)/b17-10-. The third-order valence-electron chi connectivity index (χ3n) is 4.14. The van der Waals surface area contributed by atoms with Crippen molar-refractivity contribution in [3.63, 3.8) is 0 Å². The molecule has 0 bridgehead atoms. The van der Waals surface area contributed by atoms with Gasteiger partial charge in [-0.2, -0.15) is 0 Å². The lowest BCUT2D eigenvalue weighted by atomic mass is 10.1. The Morgan fingerprint density at radius 1 is 1.29 bits per heavy atom. The zero-order chi connectivity index (χ0) is 19.8. The van der Waals surface area contributed by atoms with Gasteiger partial charge in [-0.05, 0) is 29.3 Å². The number of aldehydes is 1. The zero-order valence-corrected chi connectivity index (χ0v) is 16.6. The largest absolute Gasteiger partial charge is 0.382 e. The number of hydrogen-bond acceptors (Lipinski definition) is 5. The first-order valence-electron chi connectivity index (χ1n) is 8.78. The number of ether oxygens (including phenoxy) is 1. The van der Waals surface area contributed by atoms with E-state index >= 15 is 0 Å². The molecule has 0 aliphatic rings. The summed E-state index contributed by atoms with van der Waals surface area (Å²) in [5.74, 6) is 0.489. The first-order chi connectivity index (χ1) is 13.7. The molecule has 0 amide bonds. The van der Waals surface area contributed by atoms with Crippen molar-refractivity contribution in [3.05, 3.63) is 70.9 Å². The number of carbonyl (C=O) groups excluding carboxylic acids is 1. The van der Waals surface area contributed by atoms with Crippen LogP contribution in [0.2, 0.25) is 0 Å². The van der Waals surface area contributed by atoms with Crippen molar-refractivity contribution < 1.29 is 9.53 Å². The number of guanidine groups is 1. The minimum Gasteiger partial charge on any atom is -0.382 e. The lowest BCUT2D eigenvalue weighted by Gasteiger charge is -2.21. The van der Waals surface area contributed by atoms with Crippen molar-refractivity contribution >= 4 is 39.9 Å². The minimum atomic E-state index is -0.0983. The Morgan fingerprint density at radius 3 is 2.82 bits per heavy atom. The van der Waals surface area contributed by atoms with E-state index in [0.29, 0.717) is 18.3 Å². The van der Waals surface area contributed by atoms with Crippen LogP contribution in [-0.2, 0) is 9.53 Å². The Hall–Kier alpha value is -3.03. The first kappa shape index (κ1) is 19.7. The predicted molar refractivity (Wildman–Crippen MR) is 114 cm³/mol. The number of nitrogens with zero attached hydrogens (tertiary/aromatic N) is 2. The van der Waals surface area contributed by atoms with Gasteiger partial charge in [0, 0.05) is 14.2 Å². The molecule has 3 aromatic rings. The molecule has 28 heavy (non-hydrogen) atoms. The van der Waals surface area contributed by atoms with Crippen molar-refractivity contribution in [1.29, 1.82) is 0 Å². The Labute approximate surface area is 168 Å². The third kappa shape index (κ3) is 5.03. The van der Waals surface area contributed by atoms with Crippen molar-refractivity contribution in [3.8, 4) is 0 Å². The molecule has 0 saturated heterocycles. The highest BCUT2D eigenvalue weighted by atomic mass is 32.1. The van der Waals surface area contributed by atoms with Crippen LogP contribution in [0.4, 0.5) is 0 Å². The van der Waals surface area contributed by atoms with E-state index in [1.807, 2.05) is 54.0 Å². The molecule has 0 aliphatic heterocycles. The molecule has 7 heteroatoms. The number of rotatable bonds is 7. The lowest BCUT2D eigenvalue weighted by Crippen LogP contribution is -2.40. The maximum Gasteiger partial charge on any atom is 0.196 e. The van der Waals surface area contributed by atoms with E-state index in [2.05, 4.69) is 20.6 Å². The average Bonchev–Trinajstić information content (AvgIpc) is 3.20. The molecule has 0 aliphatic carbocycles. The molecule has 3 rings (SSSR count). The minimum absolute atomic E-state index is 0.0983. The summed E-state index contributed by atoms with van der Waals surface area (Å²) in [6.45, 7) is 0.465. The smallest absolute Gasteiger partial charge is 0.196 e. The molecule has 2 aromatic carbocycles. The molecule has 0 radical (unpaired) electrons. The van der Waals surface area contributed by atoms with Crippen LogP contribution < -0.4 is 10.6 Å². The Morgan fingerprint density at radius 2 is 2.11 bits per heavy atom. The molecule has 0 fully saturated rings. The highest BCUT2D eigenvalue weighted by molar-refractivity contribution is 7.16. The summed E-state index contributed by atoms with van der Waals surface area (Å²) in [4.78, 5) is 20.1. The first-order valence-corrected chi connectivity index (χ1v) is 9.66. The van der Waals surface area contributed by atoms with Gasteiger partial charge in [-0.25, -0.2) is 4.98 Å². The Balaban J connectivity index is 1.76. The normalized spacial score (nSPS) is 13.4. The molecule has 0 saturated carbocycles. The number of aliphatic imine (C=N–C) groups is 1. The van der Waals surface area contributed by atoms with E-state index in [1.165, 1.54) is 0 Å². The van der Waals surface area contributed by atoms with Crippen molar-refractivity contribution in [2.75, 3.05) is 20.8 Å². The summed E-state index contributed by atoms with van der Waals surface area (Å²) in [6.07, 6.45) is 2.56. The topological polar surface area (TPSA) is 75.6 Å². The van der Waals surface area contributed by atoms with Gasteiger partial charge < -0.3 is 15.4 Å². The fourth-order valence-corrected chi connectivity index (χ4v) is 3.50. The number of methoxy groups -OCH3 is 1. The van der Waals surface area contributed by atoms with Gasteiger partial charge in [0.2, 0.25) is 0 Å². The summed E-state index contributed by atoms with van der Waals surface area (Å²) in [5.41, 5.74) is 5.15. The Kier molecular flexibility index (Phi) is 6.89. The number of nitrogens with one attached hydrogen (secondary N) is 2. The summed E-state index contributed by atoms with van der Waals surface area (Å²) in [5, 5.41) is 6.37. The SMILES string of the molecule is CN=C(N/C(C=O)=C\c1ccc2ncsc2c1)NC(COC)c1ccccc1. The second kappa shape index (κ2) is 9.77. The molecule has 144 valence electrons. The number of carbonyl (C=O) groups is 1. The zero-order valence-electron chi connectivity index (χ0n) is 15.8. The average molecular weight is 395 g/mol. The van der Waals surface area contributed by atoms with E-state index in [1.54, 1.807) is 31.6 Å². The lowest BCUT2D eigenvalue weighted by molar-refractivity contribution is -0.105. The number of fused-ring (bicyclic) bond motifs is 1. The molecule has 1 unspecified atom stereocenters. The van der Waals surface area contributed by atoms with Crippen LogP contribution in [0.1, 0.15) is 17.2 Å². The summed E-state index contributed by atoms with van der Waals surface area (Å²) in [7, 11) is 3.32. The van der Waals surface area contributed by atoms with Crippen LogP contribution >= 0.6 is 11.3 Å². The monoisotopic (exact) mass is 394 g/mol. The Bertz CT molecular complexity index is 982. The number of aromatic nitrogens is 1. The molecule has 1 heterocycles. The molecule has 1 aromatic heterocycles. The second-order valence-corrected chi connectivity index (χ2v) is 6.94. The van der Waals surface area contributed by atoms with Crippen LogP contribution in [-0.4, -0.2) is 38.0 Å². The van der Waals surface area contributed by atoms with E-state index < -0.39 is 0 Å². The van der Waals surface area contributed by atoms with Gasteiger partial charge in [-0.3, -0.25) is 9.79 Å². The summed E-state index contributed by atoms with van der Waals surface area (Å²) >= 11 is 1.57. The fraction of sp³-hybridized carbons (Fsp3) is 0.190. The maximum absolute atomic E-state index is 11.6. The number of hydrogen-bond donors (Lipinski definition) is 2. The highest BCUT2D eigenvalue weighted by Gasteiger charge is 2.13. The van der Waals surface area contributed by atoms with Gasteiger partial charge in [0.1, 0.15) is 0 Å². The molecule has 2 N–H and O–H groups in total. The fourth-order valence-electron chi connectivity index (χ4n) is 2.77. The third-order valence-corrected chi connectivity index (χ3v) is 4.93. The van der Waals surface area contributed by atoms with Crippen LogP contribution in [0.15, 0.2) is 64.7 Å². The maximum atomic E-state index is 11.6. The van der Waals surface area contributed by atoms with E-state index in [4.69, 9.17) is 4.74 Å². The number of allylic oxidation sites excluding steroid dienone is 1. The van der Waals surface area contributed by atoms with Crippen LogP contribution in [0, 0.1) is 0 Å².